The molecule has 0 aromatic rings. The zero-order chi connectivity index (χ0) is 16.5. The molecule has 0 radical (unpaired) electrons. The molecule has 2 heterocycles. The lowest BCUT2D eigenvalue weighted by Crippen LogP contribution is -2.50. The van der Waals surface area contributed by atoms with E-state index in [4.69, 9.17) is 0 Å². The lowest BCUT2D eigenvalue weighted by Gasteiger charge is -2.34. The zero-order valence-electron chi connectivity index (χ0n) is 13.9. The Morgan fingerprint density at radius 3 is 2.35 bits per heavy atom. The number of nitrogens with zero attached hydrogens (tertiary/aromatic N) is 3. The molecule has 2 aliphatic rings. The Hall–Kier alpha value is -1.44. The van der Waals surface area contributed by atoms with Gasteiger partial charge in [0.05, 0.1) is 6.54 Å². The second-order valence-corrected chi connectivity index (χ2v) is 6.09. The van der Waals surface area contributed by atoms with Gasteiger partial charge in [-0.25, -0.2) is 0 Å². The van der Waals surface area contributed by atoms with Gasteiger partial charge in [-0.3, -0.25) is 14.5 Å². The van der Waals surface area contributed by atoms with Crippen LogP contribution in [0.3, 0.4) is 0 Å². The highest BCUT2D eigenvalue weighted by Gasteiger charge is 2.21. The summed E-state index contributed by atoms with van der Waals surface area (Å²) < 4.78 is 0. The van der Waals surface area contributed by atoms with Crippen molar-refractivity contribution >= 4 is 11.8 Å². The number of rotatable bonds is 7. The summed E-state index contributed by atoms with van der Waals surface area (Å²) in [4.78, 5) is 30.3. The number of nitrogens with one attached hydrogen (secondary N) is 2. The molecule has 0 atom stereocenters. The molecule has 2 rings (SSSR count). The molecule has 23 heavy (non-hydrogen) atoms. The lowest BCUT2D eigenvalue weighted by molar-refractivity contribution is -0.132. The van der Waals surface area contributed by atoms with Crippen molar-refractivity contribution < 1.29 is 9.59 Å². The van der Waals surface area contributed by atoms with Gasteiger partial charge in [0.1, 0.15) is 0 Å². The normalized spacial score (nSPS) is 20.3. The van der Waals surface area contributed by atoms with Crippen LogP contribution >= 0.6 is 0 Å². The van der Waals surface area contributed by atoms with E-state index in [0.717, 1.165) is 58.9 Å². The number of carbonyl (C=O) groups excluding carboxylic acids is 2. The van der Waals surface area contributed by atoms with E-state index in [0.29, 0.717) is 19.5 Å². The zero-order valence-corrected chi connectivity index (χ0v) is 13.9. The van der Waals surface area contributed by atoms with Gasteiger partial charge in [-0.05, 0) is 0 Å². The van der Waals surface area contributed by atoms with Crippen molar-refractivity contribution in [3.63, 3.8) is 0 Å². The Labute approximate surface area is 138 Å². The lowest BCUT2D eigenvalue weighted by atomic mass is 10.2. The molecule has 0 spiro atoms. The molecular formula is C16H29N5O2. The van der Waals surface area contributed by atoms with E-state index in [1.54, 1.807) is 6.08 Å². The minimum Gasteiger partial charge on any atom is -0.352 e. The first-order chi connectivity index (χ1) is 11.2. The summed E-state index contributed by atoms with van der Waals surface area (Å²) in [5.74, 6) is 0.310. The first kappa shape index (κ1) is 17.9. The van der Waals surface area contributed by atoms with Crippen molar-refractivity contribution in [1.82, 2.24) is 25.3 Å². The van der Waals surface area contributed by atoms with Crippen LogP contribution in [0.4, 0.5) is 0 Å². The Morgan fingerprint density at radius 1 is 1.04 bits per heavy atom. The van der Waals surface area contributed by atoms with E-state index in [1.807, 2.05) is 4.90 Å². The summed E-state index contributed by atoms with van der Waals surface area (Å²) in [6, 6.07) is 0. The Balaban J connectivity index is 1.60. The second kappa shape index (κ2) is 9.64. The molecule has 0 aliphatic carbocycles. The van der Waals surface area contributed by atoms with Crippen LogP contribution in [0.1, 0.15) is 6.42 Å². The second-order valence-electron chi connectivity index (χ2n) is 6.09. The van der Waals surface area contributed by atoms with Crippen LogP contribution in [0.2, 0.25) is 0 Å². The van der Waals surface area contributed by atoms with E-state index in [1.165, 1.54) is 0 Å². The number of hydrogen-bond acceptors (Lipinski definition) is 5. The molecular weight excluding hydrogens is 294 g/mol. The van der Waals surface area contributed by atoms with E-state index in [-0.39, 0.29) is 11.8 Å². The smallest absolute Gasteiger partial charge is 0.234 e. The summed E-state index contributed by atoms with van der Waals surface area (Å²) in [6.45, 7) is 12.4. The quantitative estimate of drug-likeness (QED) is 0.572. The summed E-state index contributed by atoms with van der Waals surface area (Å²) in [6.07, 6.45) is 2.28. The average Bonchev–Trinajstić information content (AvgIpc) is 2.60. The third-order valence-electron chi connectivity index (χ3n) is 4.39. The maximum Gasteiger partial charge on any atom is 0.234 e. The van der Waals surface area contributed by atoms with Crippen molar-refractivity contribution in [2.45, 2.75) is 6.42 Å². The minimum absolute atomic E-state index is 0.0484. The summed E-state index contributed by atoms with van der Waals surface area (Å²) in [5.41, 5.74) is 0. The maximum absolute atomic E-state index is 12.2. The summed E-state index contributed by atoms with van der Waals surface area (Å²) in [7, 11) is 0. The van der Waals surface area contributed by atoms with E-state index in [9.17, 15) is 9.59 Å². The molecule has 0 aromatic heterocycles. The third kappa shape index (κ3) is 6.29. The Morgan fingerprint density at radius 2 is 1.70 bits per heavy atom. The predicted molar refractivity (Wildman–Crippen MR) is 90.2 cm³/mol. The highest BCUT2D eigenvalue weighted by molar-refractivity contribution is 5.78. The van der Waals surface area contributed by atoms with Gasteiger partial charge in [-0.15, -0.1) is 6.58 Å². The first-order valence-corrected chi connectivity index (χ1v) is 8.50. The van der Waals surface area contributed by atoms with Crippen LogP contribution in [0.15, 0.2) is 12.7 Å². The van der Waals surface area contributed by atoms with E-state index >= 15 is 0 Å². The van der Waals surface area contributed by atoms with Crippen LogP contribution in [0, 0.1) is 0 Å². The van der Waals surface area contributed by atoms with Crippen molar-refractivity contribution in [3.8, 4) is 0 Å². The molecule has 0 aromatic carbocycles. The van der Waals surface area contributed by atoms with Gasteiger partial charge in [-0.2, -0.15) is 0 Å². The van der Waals surface area contributed by atoms with Crippen molar-refractivity contribution in [3.05, 3.63) is 12.7 Å². The fourth-order valence-corrected chi connectivity index (χ4v) is 2.94. The van der Waals surface area contributed by atoms with E-state index < -0.39 is 0 Å². The molecule has 0 unspecified atom stereocenters. The number of hydrogen-bond donors (Lipinski definition) is 2. The van der Waals surface area contributed by atoms with Gasteiger partial charge < -0.3 is 20.4 Å². The molecule has 130 valence electrons. The van der Waals surface area contributed by atoms with Gasteiger partial charge in [0.15, 0.2) is 0 Å². The largest absolute Gasteiger partial charge is 0.352 e. The SMILES string of the molecule is C=CCNC(=O)CN1CCN(CCC(=O)N2CCNCC2)CC1. The fourth-order valence-electron chi connectivity index (χ4n) is 2.94. The summed E-state index contributed by atoms with van der Waals surface area (Å²) in [5, 5.41) is 6.06. The molecule has 2 fully saturated rings. The molecule has 2 aliphatic heterocycles. The van der Waals surface area contributed by atoms with Gasteiger partial charge in [-0.1, -0.05) is 6.08 Å². The van der Waals surface area contributed by atoms with Gasteiger partial charge in [0.2, 0.25) is 11.8 Å². The monoisotopic (exact) mass is 323 g/mol. The third-order valence-corrected chi connectivity index (χ3v) is 4.39. The topological polar surface area (TPSA) is 67.9 Å². The van der Waals surface area contributed by atoms with E-state index in [2.05, 4.69) is 27.0 Å². The Bertz CT molecular complexity index is 401. The average molecular weight is 323 g/mol. The highest BCUT2D eigenvalue weighted by atomic mass is 16.2. The van der Waals surface area contributed by atoms with Crippen LogP contribution in [0.5, 0.6) is 0 Å². The first-order valence-electron chi connectivity index (χ1n) is 8.50. The molecule has 0 saturated carbocycles. The molecule has 7 nitrogen and oxygen atoms in total. The van der Waals surface area contributed by atoms with Gasteiger partial charge >= 0.3 is 0 Å². The Kier molecular flexibility index (Phi) is 7.51. The number of piperazine rings is 2. The van der Waals surface area contributed by atoms with Crippen LogP contribution in [0.25, 0.3) is 0 Å². The van der Waals surface area contributed by atoms with Crippen molar-refractivity contribution in [1.29, 1.82) is 0 Å². The summed E-state index contributed by atoms with van der Waals surface area (Å²) >= 11 is 0. The molecule has 2 N–H and O–H groups in total. The van der Waals surface area contributed by atoms with Gasteiger partial charge in [0.25, 0.3) is 0 Å². The maximum atomic E-state index is 12.2. The van der Waals surface area contributed by atoms with Gasteiger partial charge in [0, 0.05) is 71.9 Å². The molecule has 2 amide bonds. The standard InChI is InChI=1S/C16H29N5O2/c1-2-4-18-15(22)14-20-12-10-19(11-13-20)7-3-16(23)21-8-5-17-6-9-21/h2,17H,1,3-14H2,(H,18,22). The number of carbonyl (C=O) groups is 2. The molecule has 0 bridgehead atoms. The van der Waals surface area contributed by atoms with Crippen molar-refractivity contribution in [2.24, 2.45) is 0 Å². The number of amides is 2. The predicted octanol–water partition coefficient (Wildman–Crippen LogP) is -1.27. The van der Waals surface area contributed by atoms with Crippen LogP contribution in [-0.2, 0) is 9.59 Å². The fraction of sp³-hybridized carbons (Fsp3) is 0.750. The molecule has 2 saturated heterocycles. The van der Waals surface area contributed by atoms with Crippen LogP contribution in [-0.4, -0.2) is 98.5 Å². The van der Waals surface area contributed by atoms with Crippen molar-refractivity contribution in [2.75, 3.05) is 72.0 Å². The minimum atomic E-state index is 0.0484. The molecule has 7 heteroatoms. The van der Waals surface area contributed by atoms with Crippen LogP contribution < -0.4 is 10.6 Å². The highest BCUT2D eigenvalue weighted by Crippen LogP contribution is 2.04.